The first-order chi connectivity index (χ1) is 18.2. The third kappa shape index (κ3) is 17.0. The van der Waals surface area contributed by atoms with Gasteiger partial charge in [-0.2, -0.15) is 0 Å². The molecule has 0 aliphatic rings. The molecule has 0 N–H and O–H groups in total. The summed E-state index contributed by atoms with van der Waals surface area (Å²) in [5.41, 5.74) is 2.36. The second-order valence-corrected chi connectivity index (χ2v) is 12.7. The van der Waals surface area contributed by atoms with Crippen LogP contribution in [-0.4, -0.2) is 33.6 Å². The first-order valence-corrected chi connectivity index (χ1v) is 16.5. The normalized spacial score (nSPS) is 11.7. The highest BCUT2D eigenvalue weighted by atomic mass is 32.2. The van der Waals surface area contributed by atoms with E-state index >= 15 is 0 Å². The summed E-state index contributed by atoms with van der Waals surface area (Å²) >= 11 is 0. The highest BCUT2D eigenvalue weighted by Gasteiger charge is 2.17. The number of quaternary nitrogens is 1. The minimum atomic E-state index is -4.27. The molecule has 0 aromatic heterocycles. The van der Waals surface area contributed by atoms with Crippen molar-refractivity contribution in [2.45, 2.75) is 121 Å². The molecular formula is C33H55NO3S. The van der Waals surface area contributed by atoms with Gasteiger partial charge in [0.25, 0.3) is 0 Å². The topological polar surface area (TPSA) is 57.2 Å². The lowest BCUT2D eigenvalue weighted by molar-refractivity contribution is 0.380. The Morgan fingerprint density at radius 1 is 0.605 bits per heavy atom. The van der Waals surface area contributed by atoms with Crippen molar-refractivity contribution in [3.63, 3.8) is 0 Å². The lowest BCUT2D eigenvalue weighted by Gasteiger charge is -2.29. The van der Waals surface area contributed by atoms with E-state index in [1.165, 1.54) is 127 Å². The standard InChI is InChI=1S/C26H48N.C7H8O3S/c1-4-5-6-7-8-9-10-11-12-13-14-15-16-17-18-22-25-27(2,3)26-23-20-19-21-24-26;1-6-2-4-7(5-3-6)11(8,9)10/h19-21,23-24H,4-18,22,25H2,1-3H3;2-5H,1H3,(H,8,9,10)/q+1;/p-1. The van der Waals surface area contributed by atoms with E-state index in [-0.39, 0.29) is 4.90 Å². The zero-order chi connectivity index (χ0) is 28.1. The molecule has 0 saturated heterocycles. The van der Waals surface area contributed by atoms with Gasteiger partial charge >= 0.3 is 0 Å². The Bertz CT molecular complexity index is 924. The molecule has 216 valence electrons. The number of benzene rings is 2. The summed E-state index contributed by atoms with van der Waals surface area (Å²) in [6, 6.07) is 16.7. The third-order valence-electron chi connectivity index (χ3n) is 7.34. The Balaban J connectivity index is 0.000000544. The third-order valence-corrected chi connectivity index (χ3v) is 8.19. The van der Waals surface area contributed by atoms with Gasteiger partial charge in [0, 0.05) is 0 Å². The quantitative estimate of drug-likeness (QED) is 0.100. The Kier molecular flexibility index (Phi) is 18.3. The van der Waals surface area contributed by atoms with Crippen LogP contribution in [-0.2, 0) is 10.1 Å². The maximum absolute atomic E-state index is 10.4. The smallest absolute Gasteiger partial charge is 0.132 e. The van der Waals surface area contributed by atoms with Crippen LogP contribution in [0.25, 0.3) is 0 Å². The molecule has 0 saturated carbocycles. The van der Waals surface area contributed by atoms with Crippen LogP contribution < -0.4 is 4.48 Å². The van der Waals surface area contributed by atoms with Crippen LogP contribution in [0.4, 0.5) is 5.69 Å². The largest absolute Gasteiger partial charge is 0.744 e. The second-order valence-electron chi connectivity index (χ2n) is 11.3. The monoisotopic (exact) mass is 545 g/mol. The van der Waals surface area contributed by atoms with Gasteiger partial charge in [-0.25, -0.2) is 8.42 Å². The van der Waals surface area contributed by atoms with Gasteiger partial charge in [-0.05, 0) is 44.0 Å². The highest BCUT2D eigenvalue weighted by molar-refractivity contribution is 7.85. The van der Waals surface area contributed by atoms with Crippen LogP contribution in [0.1, 0.15) is 115 Å². The van der Waals surface area contributed by atoms with Crippen molar-refractivity contribution in [1.29, 1.82) is 0 Å². The molecule has 2 aromatic rings. The van der Waals surface area contributed by atoms with Crippen LogP contribution in [0, 0.1) is 6.92 Å². The number of hydrogen-bond donors (Lipinski definition) is 0. The van der Waals surface area contributed by atoms with Crippen molar-refractivity contribution < 1.29 is 13.0 Å². The molecule has 0 aliphatic heterocycles. The van der Waals surface area contributed by atoms with Crippen LogP contribution >= 0.6 is 0 Å². The summed E-state index contributed by atoms with van der Waals surface area (Å²) in [5, 5.41) is 0. The minimum Gasteiger partial charge on any atom is -0.744 e. The molecule has 0 heterocycles. The van der Waals surface area contributed by atoms with Crippen LogP contribution in [0.3, 0.4) is 0 Å². The Morgan fingerprint density at radius 3 is 1.39 bits per heavy atom. The molecule has 2 aromatic carbocycles. The van der Waals surface area contributed by atoms with Gasteiger partial charge in [0.2, 0.25) is 0 Å². The number of para-hydroxylation sites is 1. The lowest BCUT2D eigenvalue weighted by Crippen LogP contribution is -2.41. The summed E-state index contributed by atoms with van der Waals surface area (Å²) in [6.45, 7) is 5.37. The zero-order valence-electron chi connectivity index (χ0n) is 24.8. The number of rotatable bonds is 19. The molecule has 0 aliphatic carbocycles. The predicted molar refractivity (Wildman–Crippen MR) is 164 cm³/mol. The van der Waals surface area contributed by atoms with Crippen molar-refractivity contribution in [2.24, 2.45) is 0 Å². The molecule has 38 heavy (non-hydrogen) atoms. The molecule has 0 unspecified atom stereocenters. The van der Waals surface area contributed by atoms with Crippen molar-refractivity contribution in [1.82, 2.24) is 4.48 Å². The minimum absolute atomic E-state index is 0.178. The molecule has 4 nitrogen and oxygen atoms in total. The molecular weight excluding hydrogens is 490 g/mol. The van der Waals surface area contributed by atoms with Gasteiger partial charge in [-0.3, -0.25) is 4.48 Å². The number of aryl methyl sites for hydroxylation is 1. The van der Waals surface area contributed by atoms with E-state index in [1.807, 2.05) is 6.92 Å². The van der Waals surface area contributed by atoms with E-state index in [2.05, 4.69) is 51.4 Å². The molecule has 0 fully saturated rings. The number of hydrogen-bond acceptors (Lipinski definition) is 3. The van der Waals surface area contributed by atoms with Gasteiger partial charge in [0.1, 0.15) is 15.8 Å². The molecule has 2 rings (SSSR count). The maximum atomic E-state index is 10.4. The van der Waals surface area contributed by atoms with Gasteiger partial charge in [-0.1, -0.05) is 133 Å². The second kappa shape index (κ2) is 20.2. The summed E-state index contributed by atoms with van der Waals surface area (Å²) in [7, 11) is 0.398. The summed E-state index contributed by atoms with van der Waals surface area (Å²) in [4.78, 5) is -0.178. The van der Waals surface area contributed by atoms with Gasteiger partial charge in [0.05, 0.1) is 25.5 Å². The highest BCUT2D eigenvalue weighted by Crippen LogP contribution is 2.20. The molecule has 0 spiro atoms. The number of unbranched alkanes of at least 4 members (excludes halogenated alkanes) is 15. The van der Waals surface area contributed by atoms with E-state index in [4.69, 9.17) is 0 Å². The first kappa shape index (κ1) is 34.3. The molecule has 0 amide bonds. The van der Waals surface area contributed by atoms with E-state index in [0.717, 1.165) is 10.0 Å². The summed E-state index contributed by atoms with van der Waals surface area (Å²) in [5.74, 6) is 0. The SMILES string of the molecule is CCCCCCCCCCCCCCCCCC[N+](C)(C)c1ccccc1.Cc1ccc(S(=O)(=O)[O-])cc1. The van der Waals surface area contributed by atoms with E-state index in [1.54, 1.807) is 12.1 Å². The van der Waals surface area contributed by atoms with Crippen molar-refractivity contribution in [2.75, 3.05) is 20.6 Å². The predicted octanol–water partition coefficient (Wildman–Crippen LogP) is 9.41. The summed E-state index contributed by atoms with van der Waals surface area (Å²) in [6.07, 6.45) is 23.1. The van der Waals surface area contributed by atoms with Gasteiger partial charge < -0.3 is 4.55 Å². The van der Waals surface area contributed by atoms with E-state index < -0.39 is 10.1 Å². The lowest BCUT2D eigenvalue weighted by atomic mass is 10.0. The fourth-order valence-corrected chi connectivity index (χ4v) is 5.19. The fourth-order valence-electron chi connectivity index (χ4n) is 4.72. The van der Waals surface area contributed by atoms with Crippen LogP contribution in [0.15, 0.2) is 59.5 Å². The molecule has 0 radical (unpaired) electrons. The Hall–Kier alpha value is -1.69. The van der Waals surface area contributed by atoms with Crippen molar-refractivity contribution in [3.05, 3.63) is 60.2 Å². The average molecular weight is 546 g/mol. The van der Waals surface area contributed by atoms with E-state index in [0.29, 0.717) is 0 Å². The van der Waals surface area contributed by atoms with Gasteiger partial charge in [0.15, 0.2) is 0 Å². The molecule has 0 bridgehead atoms. The molecule has 5 heteroatoms. The van der Waals surface area contributed by atoms with Crippen LogP contribution in [0.2, 0.25) is 0 Å². The molecule has 0 atom stereocenters. The number of nitrogens with zero attached hydrogens (tertiary/aromatic N) is 1. The Morgan fingerprint density at radius 2 is 1.00 bits per heavy atom. The summed E-state index contributed by atoms with van der Waals surface area (Å²) < 4.78 is 32.2. The maximum Gasteiger partial charge on any atom is 0.132 e. The van der Waals surface area contributed by atoms with E-state index in [9.17, 15) is 13.0 Å². The zero-order valence-corrected chi connectivity index (χ0v) is 25.6. The Labute approximate surface area is 235 Å². The first-order valence-electron chi connectivity index (χ1n) is 15.1. The van der Waals surface area contributed by atoms with Gasteiger partial charge in [-0.15, -0.1) is 0 Å². The average Bonchev–Trinajstić information content (AvgIpc) is 2.89. The van der Waals surface area contributed by atoms with Crippen molar-refractivity contribution >= 4 is 15.8 Å². The van der Waals surface area contributed by atoms with Crippen molar-refractivity contribution in [3.8, 4) is 0 Å². The fraction of sp³-hybridized carbons (Fsp3) is 0.636. The van der Waals surface area contributed by atoms with Crippen LogP contribution in [0.5, 0.6) is 0 Å².